The summed E-state index contributed by atoms with van der Waals surface area (Å²) in [6.45, 7) is 3.25. The summed E-state index contributed by atoms with van der Waals surface area (Å²) >= 11 is 24.9. The molecule has 1 saturated carbocycles. The summed E-state index contributed by atoms with van der Waals surface area (Å²) in [6, 6.07) is 11.1. The molecule has 0 heterocycles. The van der Waals surface area contributed by atoms with Crippen LogP contribution in [0.15, 0.2) is 61.2 Å². The van der Waals surface area contributed by atoms with Crippen LogP contribution in [0.3, 0.4) is 0 Å². The van der Waals surface area contributed by atoms with Crippen LogP contribution in [0, 0.1) is 17.6 Å². The zero-order valence-corrected chi connectivity index (χ0v) is 21.0. The van der Waals surface area contributed by atoms with E-state index in [1.54, 1.807) is 0 Å². The van der Waals surface area contributed by atoms with Crippen LogP contribution in [-0.2, 0) is 4.79 Å². The van der Waals surface area contributed by atoms with E-state index in [2.05, 4.69) is 17.2 Å². The van der Waals surface area contributed by atoms with Crippen LogP contribution in [0.2, 0.25) is 10.0 Å². The first kappa shape index (κ1) is 26.4. The molecule has 3 aromatic carbocycles. The molecule has 36 heavy (non-hydrogen) atoms. The summed E-state index contributed by atoms with van der Waals surface area (Å²) in [6.07, 6.45) is 0. The number of amides is 2. The summed E-state index contributed by atoms with van der Waals surface area (Å²) in [4.78, 5) is 25.6. The van der Waals surface area contributed by atoms with Crippen LogP contribution < -0.4 is 10.6 Å². The minimum atomic E-state index is -1.49. The summed E-state index contributed by atoms with van der Waals surface area (Å²) < 4.78 is 39.2. The van der Waals surface area contributed by atoms with E-state index < -0.39 is 45.4 Å². The molecule has 1 fully saturated rings. The predicted octanol–water partition coefficient (Wildman–Crippen LogP) is 7.99. The molecular weight excluding hydrogens is 559 g/mol. The summed E-state index contributed by atoms with van der Waals surface area (Å²) in [7, 11) is 0. The number of halogens is 7. The Balaban J connectivity index is 1.53. The highest BCUT2D eigenvalue weighted by atomic mass is 35.5. The average Bonchev–Trinajstić information content (AvgIpc) is 3.38. The van der Waals surface area contributed by atoms with Gasteiger partial charge in [0.05, 0.1) is 22.2 Å². The molecule has 0 unspecified atom stereocenters. The van der Waals surface area contributed by atoms with Gasteiger partial charge in [-0.25, -0.2) is 13.2 Å². The maximum Gasteiger partial charge on any atom is 0.257 e. The number of benzene rings is 3. The first-order valence-electron chi connectivity index (χ1n) is 10.3. The predicted molar refractivity (Wildman–Crippen MR) is 137 cm³/mol. The molecule has 0 bridgehead atoms. The molecule has 1 aliphatic carbocycles. The van der Waals surface area contributed by atoms with Gasteiger partial charge in [-0.05, 0) is 54.1 Å². The fourth-order valence-electron chi connectivity index (χ4n) is 3.79. The molecule has 1 aliphatic rings. The van der Waals surface area contributed by atoms with E-state index in [1.807, 2.05) is 0 Å². The summed E-state index contributed by atoms with van der Waals surface area (Å²) in [5.74, 6) is -5.43. The van der Waals surface area contributed by atoms with E-state index in [1.165, 1.54) is 36.4 Å². The quantitative estimate of drug-likeness (QED) is 0.294. The van der Waals surface area contributed by atoms with Crippen molar-refractivity contribution in [3.63, 3.8) is 0 Å². The fraction of sp³-hybridized carbons (Fsp3) is 0.120. The standard InChI is InChI=1S/C25H15Cl4F3N2O2/c1-11(30)12-6-13(8-14(26)7-12)21-22(25(21,28)29)24(36)33-16-3-4-18(27)17(10-16)23(35)34-20-5-2-15(31)9-19(20)32/h2-10,21-22H,1H2,(H,33,36)(H,34,35)/t21-,22+/m1/s1. The Morgan fingerprint density at radius 2 is 1.67 bits per heavy atom. The summed E-state index contributed by atoms with van der Waals surface area (Å²) in [5, 5.41) is 5.17. The van der Waals surface area contributed by atoms with Crippen LogP contribution in [0.25, 0.3) is 5.83 Å². The largest absolute Gasteiger partial charge is 0.326 e. The molecule has 2 N–H and O–H groups in total. The third kappa shape index (κ3) is 5.34. The molecule has 11 heteroatoms. The fourth-order valence-corrected chi connectivity index (χ4v) is 5.07. The van der Waals surface area contributed by atoms with Gasteiger partial charge in [0.25, 0.3) is 5.91 Å². The molecule has 0 spiro atoms. The molecule has 2 amide bonds. The van der Waals surface area contributed by atoms with Crippen molar-refractivity contribution >= 4 is 75.4 Å². The molecule has 186 valence electrons. The van der Waals surface area contributed by atoms with E-state index >= 15 is 0 Å². The van der Waals surface area contributed by atoms with Gasteiger partial charge in [0, 0.05) is 28.3 Å². The lowest BCUT2D eigenvalue weighted by atomic mass is 10.0. The molecule has 0 radical (unpaired) electrons. The molecule has 3 aromatic rings. The Morgan fingerprint density at radius 1 is 0.944 bits per heavy atom. The van der Waals surface area contributed by atoms with Gasteiger partial charge in [-0.1, -0.05) is 29.8 Å². The third-order valence-corrected chi connectivity index (χ3v) is 7.07. The summed E-state index contributed by atoms with van der Waals surface area (Å²) in [5.41, 5.74) is 0.457. The number of hydrogen-bond donors (Lipinski definition) is 2. The van der Waals surface area contributed by atoms with E-state index in [-0.39, 0.29) is 32.5 Å². The molecular formula is C25H15Cl4F3N2O2. The van der Waals surface area contributed by atoms with Crippen LogP contribution >= 0.6 is 46.4 Å². The molecule has 0 saturated heterocycles. The smallest absolute Gasteiger partial charge is 0.257 e. The number of nitrogens with one attached hydrogen (secondary N) is 2. The zero-order chi connectivity index (χ0) is 26.4. The lowest BCUT2D eigenvalue weighted by molar-refractivity contribution is -0.117. The van der Waals surface area contributed by atoms with Gasteiger partial charge < -0.3 is 10.6 Å². The highest BCUT2D eigenvalue weighted by molar-refractivity contribution is 6.53. The second-order valence-corrected chi connectivity index (χ2v) is 10.4. The average molecular weight is 574 g/mol. The van der Waals surface area contributed by atoms with E-state index in [4.69, 9.17) is 46.4 Å². The maximum absolute atomic E-state index is 13.9. The van der Waals surface area contributed by atoms with Crippen molar-refractivity contribution in [3.05, 3.63) is 99.5 Å². The number of rotatable bonds is 6. The van der Waals surface area contributed by atoms with Crippen molar-refractivity contribution in [2.75, 3.05) is 10.6 Å². The number of hydrogen-bond acceptors (Lipinski definition) is 2. The van der Waals surface area contributed by atoms with Crippen molar-refractivity contribution in [2.45, 2.75) is 10.3 Å². The second-order valence-electron chi connectivity index (χ2n) is 8.07. The number of alkyl halides is 2. The lowest BCUT2D eigenvalue weighted by Crippen LogP contribution is -2.18. The van der Waals surface area contributed by atoms with Crippen molar-refractivity contribution in [1.82, 2.24) is 0 Å². The maximum atomic E-state index is 13.9. The van der Waals surface area contributed by atoms with Crippen molar-refractivity contribution < 1.29 is 22.8 Å². The minimum Gasteiger partial charge on any atom is -0.326 e. The highest BCUT2D eigenvalue weighted by Crippen LogP contribution is 2.65. The van der Waals surface area contributed by atoms with Crippen molar-refractivity contribution in [1.29, 1.82) is 0 Å². The van der Waals surface area contributed by atoms with E-state index in [9.17, 15) is 22.8 Å². The first-order valence-corrected chi connectivity index (χ1v) is 11.8. The highest BCUT2D eigenvalue weighted by Gasteiger charge is 2.67. The Labute approximate surface area is 224 Å². The first-order chi connectivity index (χ1) is 16.9. The van der Waals surface area contributed by atoms with Crippen molar-refractivity contribution in [2.24, 2.45) is 5.92 Å². The van der Waals surface area contributed by atoms with Gasteiger partial charge in [0.1, 0.15) is 21.8 Å². The Hall–Kier alpha value is -2.71. The molecule has 0 aromatic heterocycles. The molecule has 4 nitrogen and oxygen atoms in total. The van der Waals surface area contributed by atoms with Crippen LogP contribution in [0.5, 0.6) is 0 Å². The van der Waals surface area contributed by atoms with Gasteiger partial charge in [0.2, 0.25) is 5.91 Å². The Kier molecular flexibility index (Phi) is 7.30. The zero-order valence-electron chi connectivity index (χ0n) is 18.0. The van der Waals surface area contributed by atoms with Gasteiger partial charge in [0.15, 0.2) is 0 Å². The van der Waals surface area contributed by atoms with Gasteiger partial charge in [-0.15, -0.1) is 23.2 Å². The molecule has 2 atom stereocenters. The Bertz CT molecular complexity index is 1410. The van der Waals surface area contributed by atoms with E-state index in [0.29, 0.717) is 11.6 Å². The van der Waals surface area contributed by atoms with Gasteiger partial charge >= 0.3 is 0 Å². The lowest BCUT2D eigenvalue weighted by Gasteiger charge is -2.11. The number of anilines is 2. The topological polar surface area (TPSA) is 58.2 Å². The van der Waals surface area contributed by atoms with Crippen LogP contribution in [-0.4, -0.2) is 16.1 Å². The number of carbonyl (C=O) groups excluding carboxylic acids is 2. The van der Waals surface area contributed by atoms with Gasteiger partial charge in [-0.2, -0.15) is 0 Å². The van der Waals surface area contributed by atoms with Crippen LogP contribution in [0.4, 0.5) is 24.5 Å². The normalized spacial score (nSPS) is 17.9. The van der Waals surface area contributed by atoms with E-state index in [0.717, 1.165) is 12.1 Å². The van der Waals surface area contributed by atoms with Gasteiger partial charge in [-0.3, -0.25) is 9.59 Å². The SMILES string of the molecule is C=C(F)c1cc(Cl)cc([C@@H]2[C@@H](C(=O)Nc3ccc(Cl)c(C(=O)Nc4ccc(F)cc4F)c3)C2(Cl)Cl)c1. The monoisotopic (exact) mass is 572 g/mol. The molecule has 4 rings (SSSR count). The Morgan fingerprint density at radius 3 is 2.33 bits per heavy atom. The second kappa shape index (κ2) is 9.98. The molecule has 0 aliphatic heterocycles. The van der Waals surface area contributed by atoms with Crippen LogP contribution in [0.1, 0.15) is 27.4 Å². The number of carbonyl (C=O) groups is 2. The third-order valence-electron chi connectivity index (χ3n) is 5.59. The van der Waals surface area contributed by atoms with Crippen molar-refractivity contribution in [3.8, 4) is 0 Å². The minimum absolute atomic E-state index is 0.0271.